The minimum Gasteiger partial charge on any atom is -0.382 e. The molecular formula is C24H32N4O4S2. The molecule has 0 bridgehead atoms. The SMILES string of the molecule is CCOCCCN1C(=O)/C(=C/c2c(NCCCOC(C)C)nc3ccc(C)cn3c2=O)SC1=S. The van der Waals surface area contributed by atoms with Crippen molar-refractivity contribution in [2.45, 2.75) is 46.6 Å². The van der Waals surface area contributed by atoms with E-state index in [4.69, 9.17) is 21.7 Å². The number of anilines is 1. The summed E-state index contributed by atoms with van der Waals surface area (Å²) in [6.07, 6.45) is 4.98. The number of carbonyl (C=O) groups is 1. The Hall–Kier alpha value is -2.27. The zero-order chi connectivity index (χ0) is 24.7. The third-order valence-electron chi connectivity index (χ3n) is 5.09. The lowest BCUT2D eigenvalue weighted by Gasteiger charge is -2.14. The van der Waals surface area contributed by atoms with Gasteiger partial charge >= 0.3 is 0 Å². The number of fused-ring (bicyclic) bond motifs is 1. The van der Waals surface area contributed by atoms with Crippen molar-refractivity contribution in [3.05, 3.63) is 44.7 Å². The zero-order valence-corrected chi connectivity index (χ0v) is 21.8. The second-order valence-electron chi connectivity index (χ2n) is 8.20. The number of thioether (sulfide) groups is 1. The quantitative estimate of drug-likeness (QED) is 0.265. The van der Waals surface area contributed by atoms with Gasteiger partial charge in [-0.2, -0.15) is 0 Å². The first-order chi connectivity index (χ1) is 16.3. The van der Waals surface area contributed by atoms with Crippen LogP contribution >= 0.6 is 24.0 Å². The van der Waals surface area contributed by atoms with Crippen LogP contribution in [-0.2, 0) is 14.3 Å². The molecule has 0 atom stereocenters. The predicted molar refractivity (Wildman–Crippen MR) is 141 cm³/mol. The molecule has 0 unspecified atom stereocenters. The maximum atomic E-state index is 13.4. The number of carbonyl (C=O) groups excluding carboxylic acids is 1. The van der Waals surface area contributed by atoms with Gasteiger partial charge < -0.3 is 14.8 Å². The van der Waals surface area contributed by atoms with Gasteiger partial charge in [0.05, 0.1) is 16.6 Å². The van der Waals surface area contributed by atoms with Crippen molar-refractivity contribution in [3.63, 3.8) is 0 Å². The monoisotopic (exact) mass is 504 g/mol. The first kappa shape index (κ1) is 26.3. The van der Waals surface area contributed by atoms with E-state index in [2.05, 4.69) is 10.3 Å². The molecule has 8 nitrogen and oxygen atoms in total. The highest BCUT2D eigenvalue weighted by Crippen LogP contribution is 2.33. The van der Waals surface area contributed by atoms with E-state index in [9.17, 15) is 9.59 Å². The van der Waals surface area contributed by atoms with Crippen molar-refractivity contribution in [2.75, 3.05) is 38.2 Å². The van der Waals surface area contributed by atoms with Crippen LogP contribution in [0, 0.1) is 6.92 Å². The molecule has 0 radical (unpaired) electrons. The van der Waals surface area contributed by atoms with Crippen molar-refractivity contribution in [2.24, 2.45) is 0 Å². The Morgan fingerprint density at radius 1 is 1.24 bits per heavy atom. The van der Waals surface area contributed by atoms with Crippen LogP contribution in [0.1, 0.15) is 44.7 Å². The number of amides is 1. The fourth-order valence-corrected chi connectivity index (χ4v) is 4.70. The summed E-state index contributed by atoms with van der Waals surface area (Å²) in [7, 11) is 0. The van der Waals surface area contributed by atoms with Gasteiger partial charge in [0.15, 0.2) is 0 Å². The number of aryl methyl sites for hydroxylation is 1. The van der Waals surface area contributed by atoms with Crippen LogP contribution in [-0.4, -0.2) is 63.5 Å². The van der Waals surface area contributed by atoms with E-state index < -0.39 is 0 Å². The summed E-state index contributed by atoms with van der Waals surface area (Å²) in [5.74, 6) is 0.247. The minimum absolute atomic E-state index is 0.165. The second-order valence-corrected chi connectivity index (χ2v) is 9.87. The zero-order valence-electron chi connectivity index (χ0n) is 20.1. The number of nitrogens with one attached hydrogen (secondary N) is 1. The maximum Gasteiger partial charge on any atom is 0.267 e. The summed E-state index contributed by atoms with van der Waals surface area (Å²) < 4.78 is 13.0. The largest absolute Gasteiger partial charge is 0.382 e. The Morgan fingerprint density at radius 2 is 2.03 bits per heavy atom. The third kappa shape index (κ3) is 6.65. The van der Waals surface area contributed by atoms with Crippen molar-refractivity contribution in [3.8, 4) is 0 Å². The van der Waals surface area contributed by atoms with E-state index in [0.29, 0.717) is 65.6 Å². The molecule has 2 aromatic heterocycles. The number of rotatable bonds is 12. The van der Waals surface area contributed by atoms with Gasteiger partial charge in [-0.05, 0) is 58.2 Å². The fourth-order valence-electron chi connectivity index (χ4n) is 3.41. The molecule has 1 fully saturated rings. The van der Waals surface area contributed by atoms with Crippen LogP contribution in [0.3, 0.4) is 0 Å². The molecule has 34 heavy (non-hydrogen) atoms. The standard InChI is InChI=1S/C24H32N4O4S2/c1-5-31-12-7-11-27-23(30)19(34-24(27)33)14-18-21(25-10-6-13-32-16(2)3)26-20-9-8-17(4)15-28(20)22(18)29/h8-9,14-16,25H,5-7,10-13H2,1-4H3/b19-14-. The van der Waals surface area contributed by atoms with Crippen molar-refractivity contribution in [1.29, 1.82) is 0 Å². The van der Waals surface area contributed by atoms with E-state index in [1.165, 1.54) is 16.2 Å². The molecule has 3 heterocycles. The van der Waals surface area contributed by atoms with Gasteiger partial charge in [-0.15, -0.1) is 0 Å². The lowest BCUT2D eigenvalue weighted by atomic mass is 10.2. The van der Waals surface area contributed by atoms with Gasteiger partial charge in [0, 0.05) is 39.1 Å². The Bertz CT molecular complexity index is 1130. The highest BCUT2D eigenvalue weighted by Gasteiger charge is 2.32. The average molecular weight is 505 g/mol. The molecule has 1 saturated heterocycles. The topological polar surface area (TPSA) is 85.2 Å². The Balaban J connectivity index is 1.89. The minimum atomic E-state index is -0.240. The smallest absolute Gasteiger partial charge is 0.267 e. The predicted octanol–water partition coefficient (Wildman–Crippen LogP) is 3.86. The summed E-state index contributed by atoms with van der Waals surface area (Å²) >= 11 is 6.63. The van der Waals surface area contributed by atoms with Crippen LogP contribution < -0.4 is 10.9 Å². The maximum absolute atomic E-state index is 13.4. The molecule has 0 aromatic carbocycles. The molecule has 0 aliphatic carbocycles. The van der Waals surface area contributed by atoms with E-state index in [-0.39, 0.29) is 17.6 Å². The Labute approximate surface area is 209 Å². The lowest BCUT2D eigenvalue weighted by molar-refractivity contribution is -0.122. The van der Waals surface area contributed by atoms with Gasteiger partial charge in [0.25, 0.3) is 11.5 Å². The van der Waals surface area contributed by atoms with Gasteiger partial charge in [0.1, 0.15) is 15.8 Å². The summed E-state index contributed by atoms with van der Waals surface area (Å²) in [6, 6.07) is 3.72. The van der Waals surface area contributed by atoms with Crippen LogP contribution in [0.4, 0.5) is 5.82 Å². The van der Waals surface area contributed by atoms with Gasteiger partial charge in [-0.25, -0.2) is 4.98 Å². The van der Waals surface area contributed by atoms with Crippen molar-refractivity contribution < 1.29 is 14.3 Å². The highest BCUT2D eigenvalue weighted by molar-refractivity contribution is 8.26. The number of hydrogen-bond acceptors (Lipinski definition) is 8. The normalized spacial score (nSPS) is 15.3. The van der Waals surface area contributed by atoms with Gasteiger partial charge in [-0.3, -0.25) is 18.9 Å². The summed E-state index contributed by atoms with van der Waals surface area (Å²) in [5, 5.41) is 3.26. The average Bonchev–Trinajstić information content (AvgIpc) is 3.06. The summed E-state index contributed by atoms with van der Waals surface area (Å²) in [5.41, 5.74) is 1.57. The Kier molecular flexibility index (Phi) is 9.63. The lowest BCUT2D eigenvalue weighted by Crippen LogP contribution is -2.29. The number of pyridine rings is 1. The molecular weight excluding hydrogens is 472 g/mol. The van der Waals surface area contributed by atoms with E-state index in [1.54, 1.807) is 17.2 Å². The second kappa shape index (κ2) is 12.4. The molecule has 2 aromatic rings. The van der Waals surface area contributed by atoms with Crippen LogP contribution in [0.15, 0.2) is 28.0 Å². The number of thiocarbonyl (C=S) groups is 1. The first-order valence-corrected chi connectivity index (χ1v) is 12.8. The van der Waals surface area contributed by atoms with Gasteiger partial charge in [-0.1, -0.05) is 30.0 Å². The molecule has 1 aliphatic heterocycles. The first-order valence-electron chi connectivity index (χ1n) is 11.5. The van der Waals surface area contributed by atoms with Crippen LogP contribution in [0.5, 0.6) is 0 Å². The van der Waals surface area contributed by atoms with E-state index in [0.717, 1.165) is 12.0 Å². The molecule has 3 rings (SSSR count). The van der Waals surface area contributed by atoms with Gasteiger partial charge in [0.2, 0.25) is 0 Å². The molecule has 1 aliphatic rings. The third-order valence-corrected chi connectivity index (χ3v) is 6.47. The van der Waals surface area contributed by atoms with Crippen molar-refractivity contribution >= 4 is 51.7 Å². The van der Waals surface area contributed by atoms with Crippen LogP contribution in [0.2, 0.25) is 0 Å². The molecule has 10 heteroatoms. The molecule has 1 N–H and O–H groups in total. The molecule has 184 valence electrons. The Morgan fingerprint density at radius 3 is 2.76 bits per heavy atom. The highest BCUT2D eigenvalue weighted by atomic mass is 32.2. The number of aromatic nitrogens is 2. The van der Waals surface area contributed by atoms with E-state index >= 15 is 0 Å². The fraction of sp³-hybridized carbons (Fsp3) is 0.500. The summed E-state index contributed by atoms with van der Waals surface area (Å²) in [6.45, 7) is 10.7. The molecule has 0 spiro atoms. The van der Waals surface area contributed by atoms with Crippen LogP contribution in [0.25, 0.3) is 11.7 Å². The molecule has 0 saturated carbocycles. The molecule has 1 amide bonds. The number of hydrogen-bond donors (Lipinski definition) is 1. The number of ether oxygens (including phenoxy) is 2. The number of nitrogens with zero attached hydrogens (tertiary/aromatic N) is 3. The van der Waals surface area contributed by atoms with E-state index in [1.807, 2.05) is 39.8 Å². The summed E-state index contributed by atoms with van der Waals surface area (Å²) in [4.78, 5) is 33.1. The van der Waals surface area contributed by atoms with Crippen molar-refractivity contribution in [1.82, 2.24) is 14.3 Å².